The number of piperidine rings is 1. The Labute approximate surface area is 87.4 Å². The second kappa shape index (κ2) is 5.72. The van der Waals surface area contributed by atoms with Gasteiger partial charge in [-0.25, -0.2) is 0 Å². The van der Waals surface area contributed by atoms with E-state index in [0.717, 1.165) is 25.2 Å². The Morgan fingerprint density at radius 2 is 1.86 bits per heavy atom. The average Bonchev–Trinajstić information content (AvgIpc) is 3.03. The molecule has 2 fully saturated rings. The van der Waals surface area contributed by atoms with E-state index in [1.165, 1.54) is 51.5 Å². The van der Waals surface area contributed by atoms with E-state index in [4.69, 9.17) is 4.74 Å². The molecule has 2 aliphatic rings. The molecular weight excluding hydrogens is 174 g/mol. The summed E-state index contributed by atoms with van der Waals surface area (Å²) >= 11 is 0. The lowest BCUT2D eigenvalue weighted by Crippen LogP contribution is -2.34. The van der Waals surface area contributed by atoms with Gasteiger partial charge in [-0.2, -0.15) is 0 Å². The van der Waals surface area contributed by atoms with Gasteiger partial charge in [0.2, 0.25) is 0 Å². The SMILES string of the molecule is C1CCC(CCOCCC2CC2)NC1. The molecule has 82 valence electrons. The quantitative estimate of drug-likeness (QED) is 0.660. The maximum Gasteiger partial charge on any atom is 0.0480 e. The van der Waals surface area contributed by atoms with Crippen LogP contribution in [0.1, 0.15) is 44.9 Å². The van der Waals surface area contributed by atoms with Crippen molar-refractivity contribution in [2.45, 2.75) is 51.0 Å². The summed E-state index contributed by atoms with van der Waals surface area (Å²) in [6.07, 6.45) is 9.54. The third kappa shape index (κ3) is 3.97. The van der Waals surface area contributed by atoms with Crippen molar-refractivity contribution in [2.75, 3.05) is 19.8 Å². The predicted octanol–water partition coefficient (Wildman–Crippen LogP) is 2.34. The van der Waals surface area contributed by atoms with Gasteiger partial charge in [0.1, 0.15) is 0 Å². The normalized spacial score (nSPS) is 27.9. The van der Waals surface area contributed by atoms with Crippen LogP contribution in [0.4, 0.5) is 0 Å². The van der Waals surface area contributed by atoms with Crippen molar-refractivity contribution in [2.24, 2.45) is 5.92 Å². The lowest BCUT2D eigenvalue weighted by molar-refractivity contribution is 0.115. The van der Waals surface area contributed by atoms with Gasteiger partial charge in [0.05, 0.1) is 0 Å². The van der Waals surface area contributed by atoms with Crippen LogP contribution in [0, 0.1) is 5.92 Å². The molecular formula is C12H23NO. The molecule has 1 saturated heterocycles. The maximum absolute atomic E-state index is 5.65. The van der Waals surface area contributed by atoms with Crippen molar-refractivity contribution in [3.05, 3.63) is 0 Å². The highest BCUT2D eigenvalue weighted by atomic mass is 16.5. The Morgan fingerprint density at radius 1 is 1.00 bits per heavy atom. The van der Waals surface area contributed by atoms with Gasteiger partial charge in [0, 0.05) is 19.3 Å². The zero-order valence-corrected chi connectivity index (χ0v) is 9.13. The molecule has 0 spiro atoms. The van der Waals surface area contributed by atoms with E-state index in [1.807, 2.05) is 0 Å². The number of rotatable bonds is 6. The fourth-order valence-electron chi connectivity index (χ4n) is 2.15. The molecule has 1 N–H and O–H groups in total. The molecule has 1 atom stereocenters. The van der Waals surface area contributed by atoms with Gasteiger partial charge in [0.25, 0.3) is 0 Å². The number of nitrogens with one attached hydrogen (secondary N) is 1. The molecule has 1 aliphatic carbocycles. The molecule has 0 aromatic heterocycles. The maximum atomic E-state index is 5.65. The predicted molar refractivity (Wildman–Crippen MR) is 58.4 cm³/mol. The van der Waals surface area contributed by atoms with Gasteiger partial charge in [-0.05, 0) is 38.1 Å². The summed E-state index contributed by atoms with van der Waals surface area (Å²) in [5.74, 6) is 1.02. The molecule has 0 radical (unpaired) electrons. The molecule has 2 rings (SSSR count). The smallest absolute Gasteiger partial charge is 0.0480 e. The number of hydrogen-bond acceptors (Lipinski definition) is 2. The standard InChI is InChI=1S/C12H23NO/c1-2-8-13-12(3-1)7-10-14-9-6-11-4-5-11/h11-13H,1-10H2. The molecule has 0 aromatic carbocycles. The molecule has 1 saturated carbocycles. The summed E-state index contributed by atoms with van der Waals surface area (Å²) in [7, 11) is 0. The first-order valence-corrected chi connectivity index (χ1v) is 6.26. The Hall–Kier alpha value is -0.0800. The van der Waals surface area contributed by atoms with E-state index in [2.05, 4.69) is 5.32 Å². The third-order valence-corrected chi connectivity index (χ3v) is 3.39. The van der Waals surface area contributed by atoms with Crippen molar-refractivity contribution < 1.29 is 4.74 Å². The van der Waals surface area contributed by atoms with Gasteiger partial charge in [-0.15, -0.1) is 0 Å². The van der Waals surface area contributed by atoms with E-state index < -0.39 is 0 Å². The van der Waals surface area contributed by atoms with Crippen LogP contribution >= 0.6 is 0 Å². The summed E-state index contributed by atoms with van der Waals surface area (Å²) in [4.78, 5) is 0. The van der Waals surface area contributed by atoms with Crippen LogP contribution in [0.25, 0.3) is 0 Å². The molecule has 1 heterocycles. The molecule has 2 heteroatoms. The molecule has 0 amide bonds. The van der Waals surface area contributed by atoms with Crippen LogP contribution in [0.3, 0.4) is 0 Å². The average molecular weight is 197 g/mol. The highest BCUT2D eigenvalue weighted by Crippen LogP contribution is 2.32. The summed E-state index contributed by atoms with van der Waals surface area (Å²) in [6, 6.07) is 0.740. The fraction of sp³-hybridized carbons (Fsp3) is 1.00. The summed E-state index contributed by atoms with van der Waals surface area (Å²) in [5.41, 5.74) is 0. The molecule has 1 aliphatic heterocycles. The zero-order chi connectivity index (χ0) is 9.64. The summed E-state index contributed by atoms with van der Waals surface area (Å²) in [5, 5.41) is 3.55. The van der Waals surface area contributed by atoms with Crippen LogP contribution in [-0.4, -0.2) is 25.8 Å². The first-order valence-electron chi connectivity index (χ1n) is 6.26. The van der Waals surface area contributed by atoms with Gasteiger partial charge in [0.15, 0.2) is 0 Å². The molecule has 0 bridgehead atoms. The van der Waals surface area contributed by atoms with E-state index >= 15 is 0 Å². The topological polar surface area (TPSA) is 21.3 Å². The molecule has 2 nitrogen and oxygen atoms in total. The van der Waals surface area contributed by atoms with Crippen LogP contribution in [0.2, 0.25) is 0 Å². The lowest BCUT2D eigenvalue weighted by Gasteiger charge is -2.23. The minimum absolute atomic E-state index is 0.740. The van der Waals surface area contributed by atoms with E-state index in [9.17, 15) is 0 Å². The van der Waals surface area contributed by atoms with E-state index in [1.54, 1.807) is 0 Å². The Kier molecular flexibility index (Phi) is 4.26. The summed E-state index contributed by atoms with van der Waals surface area (Å²) in [6.45, 7) is 3.18. The lowest BCUT2D eigenvalue weighted by atomic mass is 10.0. The van der Waals surface area contributed by atoms with Gasteiger partial charge >= 0.3 is 0 Å². The van der Waals surface area contributed by atoms with Crippen LogP contribution in [-0.2, 0) is 4.74 Å². The van der Waals surface area contributed by atoms with Gasteiger partial charge in [-0.1, -0.05) is 19.3 Å². The Morgan fingerprint density at radius 3 is 2.57 bits per heavy atom. The summed E-state index contributed by atoms with van der Waals surface area (Å²) < 4.78 is 5.65. The van der Waals surface area contributed by atoms with E-state index in [-0.39, 0.29) is 0 Å². The number of hydrogen-bond donors (Lipinski definition) is 1. The van der Waals surface area contributed by atoms with Gasteiger partial charge in [-0.3, -0.25) is 0 Å². The zero-order valence-electron chi connectivity index (χ0n) is 9.13. The van der Waals surface area contributed by atoms with Crippen molar-refractivity contribution in [3.8, 4) is 0 Å². The second-order valence-electron chi connectivity index (χ2n) is 4.78. The fourth-order valence-corrected chi connectivity index (χ4v) is 2.15. The van der Waals surface area contributed by atoms with Gasteiger partial charge < -0.3 is 10.1 Å². The van der Waals surface area contributed by atoms with Crippen LogP contribution < -0.4 is 5.32 Å². The van der Waals surface area contributed by atoms with Crippen molar-refractivity contribution in [3.63, 3.8) is 0 Å². The third-order valence-electron chi connectivity index (χ3n) is 3.39. The highest BCUT2D eigenvalue weighted by Gasteiger charge is 2.20. The number of ether oxygens (including phenoxy) is 1. The van der Waals surface area contributed by atoms with Crippen molar-refractivity contribution in [1.29, 1.82) is 0 Å². The first kappa shape index (κ1) is 10.4. The Bertz CT molecular complexity index is 150. The highest BCUT2D eigenvalue weighted by molar-refractivity contribution is 4.73. The molecule has 14 heavy (non-hydrogen) atoms. The Balaban J connectivity index is 1.41. The van der Waals surface area contributed by atoms with Crippen molar-refractivity contribution in [1.82, 2.24) is 5.32 Å². The minimum Gasteiger partial charge on any atom is -0.381 e. The minimum atomic E-state index is 0.740. The first-order chi connectivity index (χ1) is 6.95. The second-order valence-corrected chi connectivity index (χ2v) is 4.78. The monoisotopic (exact) mass is 197 g/mol. The molecule has 0 aromatic rings. The largest absolute Gasteiger partial charge is 0.381 e. The van der Waals surface area contributed by atoms with Crippen LogP contribution in [0.15, 0.2) is 0 Å². The van der Waals surface area contributed by atoms with Crippen LogP contribution in [0.5, 0.6) is 0 Å². The van der Waals surface area contributed by atoms with Crippen molar-refractivity contribution >= 4 is 0 Å². The molecule has 1 unspecified atom stereocenters. The van der Waals surface area contributed by atoms with E-state index in [0.29, 0.717) is 0 Å².